The maximum atomic E-state index is 13.9. The highest BCUT2D eigenvalue weighted by molar-refractivity contribution is 7.22. The SMILES string of the molecule is O=C(NCCc1ccccc1)N1CCN(c2nc3c(F)cc(F)cc3s2)CC1. The number of rotatable bonds is 4. The molecule has 28 heavy (non-hydrogen) atoms. The normalized spacial score (nSPS) is 14.5. The molecule has 1 aliphatic rings. The molecular formula is C20H20F2N4OS. The van der Waals surface area contributed by atoms with Crippen molar-refractivity contribution < 1.29 is 13.6 Å². The molecule has 0 unspecified atom stereocenters. The minimum atomic E-state index is -0.645. The number of piperazine rings is 1. The summed E-state index contributed by atoms with van der Waals surface area (Å²) in [4.78, 5) is 20.4. The van der Waals surface area contributed by atoms with E-state index in [1.165, 1.54) is 23.0 Å². The molecule has 8 heteroatoms. The van der Waals surface area contributed by atoms with Crippen molar-refractivity contribution in [2.75, 3.05) is 37.6 Å². The average molecular weight is 402 g/mol. The quantitative estimate of drug-likeness (QED) is 0.725. The summed E-state index contributed by atoms with van der Waals surface area (Å²) in [5, 5.41) is 3.61. The number of aromatic nitrogens is 1. The van der Waals surface area contributed by atoms with E-state index in [1.54, 1.807) is 4.90 Å². The van der Waals surface area contributed by atoms with Gasteiger partial charge in [0.2, 0.25) is 0 Å². The third-order valence-electron chi connectivity index (χ3n) is 4.77. The van der Waals surface area contributed by atoms with Gasteiger partial charge in [-0.1, -0.05) is 41.7 Å². The van der Waals surface area contributed by atoms with Gasteiger partial charge in [-0.25, -0.2) is 18.6 Å². The standard InChI is InChI=1S/C20H20F2N4OS/c21-15-12-16(22)18-17(13-15)28-20(24-18)26-10-8-25(9-11-26)19(27)23-7-6-14-4-2-1-3-5-14/h1-5,12-13H,6-11H2,(H,23,27). The molecule has 0 aliphatic carbocycles. The molecule has 0 spiro atoms. The third kappa shape index (κ3) is 4.06. The zero-order chi connectivity index (χ0) is 19.5. The van der Waals surface area contributed by atoms with Crippen LogP contribution in [0.15, 0.2) is 42.5 Å². The number of amides is 2. The van der Waals surface area contributed by atoms with Crippen molar-refractivity contribution in [2.45, 2.75) is 6.42 Å². The zero-order valence-corrected chi connectivity index (χ0v) is 16.0. The molecular weight excluding hydrogens is 382 g/mol. The van der Waals surface area contributed by atoms with Crippen molar-refractivity contribution in [3.05, 3.63) is 59.7 Å². The van der Waals surface area contributed by atoms with Crippen molar-refractivity contribution >= 4 is 32.7 Å². The maximum absolute atomic E-state index is 13.9. The molecule has 1 saturated heterocycles. The van der Waals surface area contributed by atoms with Gasteiger partial charge in [0.15, 0.2) is 10.9 Å². The van der Waals surface area contributed by atoms with Gasteiger partial charge in [0.1, 0.15) is 11.3 Å². The van der Waals surface area contributed by atoms with Crippen LogP contribution in [0, 0.1) is 11.6 Å². The monoisotopic (exact) mass is 402 g/mol. The van der Waals surface area contributed by atoms with Gasteiger partial charge in [-0.15, -0.1) is 0 Å². The van der Waals surface area contributed by atoms with Gasteiger partial charge in [0.05, 0.1) is 4.70 Å². The number of fused-ring (bicyclic) bond motifs is 1. The number of carbonyl (C=O) groups excluding carboxylic acids is 1. The van der Waals surface area contributed by atoms with Gasteiger partial charge in [-0.2, -0.15) is 0 Å². The molecule has 3 aromatic rings. The van der Waals surface area contributed by atoms with Crippen molar-refractivity contribution in [1.82, 2.24) is 15.2 Å². The first kappa shape index (κ1) is 18.6. The van der Waals surface area contributed by atoms with Gasteiger partial charge in [-0.05, 0) is 18.1 Å². The van der Waals surface area contributed by atoms with Crippen molar-refractivity contribution in [2.24, 2.45) is 0 Å². The summed E-state index contributed by atoms with van der Waals surface area (Å²) in [6, 6.07) is 12.1. The Morgan fingerprint density at radius 3 is 2.61 bits per heavy atom. The smallest absolute Gasteiger partial charge is 0.317 e. The molecule has 1 N–H and O–H groups in total. The molecule has 1 aromatic heterocycles. The number of halogens is 2. The molecule has 0 saturated carbocycles. The number of nitrogens with zero attached hydrogens (tertiary/aromatic N) is 3. The lowest BCUT2D eigenvalue weighted by Gasteiger charge is -2.34. The first-order chi connectivity index (χ1) is 13.6. The molecule has 0 bridgehead atoms. The first-order valence-corrected chi connectivity index (χ1v) is 9.99. The van der Waals surface area contributed by atoms with Crippen molar-refractivity contribution in [3.63, 3.8) is 0 Å². The second-order valence-electron chi connectivity index (χ2n) is 6.67. The minimum Gasteiger partial charge on any atom is -0.345 e. The number of hydrogen-bond acceptors (Lipinski definition) is 4. The van der Waals surface area contributed by atoms with Crippen LogP contribution in [0.4, 0.5) is 18.7 Å². The molecule has 4 rings (SSSR count). The minimum absolute atomic E-state index is 0.0759. The lowest BCUT2D eigenvalue weighted by atomic mass is 10.1. The predicted molar refractivity (Wildman–Crippen MR) is 107 cm³/mol. The number of anilines is 1. The van der Waals surface area contributed by atoms with Crippen LogP contribution in [0.2, 0.25) is 0 Å². The Kier molecular flexibility index (Phi) is 5.38. The zero-order valence-electron chi connectivity index (χ0n) is 15.2. The Hall–Kier alpha value is -2.74. The van der Waals surface area contributed by atoms with E-state index in [0.717, 1.165) is 12.5 Å². The Labute approximate surface area is 165 Å². The number of benzene rings is 2. The molecule has 2 amide bonds. The van der Waals surface area contributed by atoms with Gasteiger partial charge in [0.25, 0.3) is 0 Å². The number of hydrogen-bond donors (Lipinski definition) is 1. The molecule has 2 aromatic carbocycles. The van der Waals surface area contributed by atoms with Gasteiger partial charge in [0, 0.05) is 38.8 Å². The second-order valence-corrected chi connectivity index (χ2v) is 7.68. The number of urea groups is 1. The highest BCUT2D eigenvalue weighted by Crippen LogP contribution is 2.31. The fourth-order valence-corrected chi connectivity index (χ4v) is 4.31. The first-order valence-electron chi connectivity index (χ1n) is 9.17. The van der Waals surface area contributed by atoms with Crippen LogP contribution in [0.1, 0.15) is 5.56 Å². The predicted octanol–water partition coefficient (Wildman–Crippen LogP) is 3.65. The second kappa shape index (κ2) is 8.10. The Morgan fingerprint density at radius 1 is 1.11 bits per heavy atom. The largest absolute Gasteiger partial charge is 0.345 e. The van der Waals surface area contributed by atoms with Crippen LogP contribution in [0.25, 0.3) is 10.2 Å². The topological polar surface area (TPSA) is 48.5 Å². The summed E-state index contributed by atoms with van der Waals surface area (Å²) in [5.41, 5.74) is 1.38. The third-order valence-corrected chi connectivity index (χ3v) is 5.84. The van der Waals surface area contributed by atoms with Gasteiger partial charge < -0.3 is 15.1 Å². The van der Waals surface area contributed by atoms with E-state index >= 15 is 0 Å². The van der Waals surface area contributed by atoms with Crippen LogP contribution in [-0.2, 0) is 6.42 Å². The van der Waals surface area contributed by atoms with Crippen LogP contribution in [0.3, 0.4) is 0 Å². The Bertz CT molecular complexity index is 971. The van der Waals surface area contributed by atoms with E-state index in [0.29, 0.717) is 42.6 Å². The average Bonchev–Trinajstić information content (AvgIpc) is 3.13. The van der Waals surface area contributed by atoms with Gasteiger partial charge in [-0.3, -0.25) is 0 Å². The fourth-order valence-electron chi connectivity index (χ4n) is 3.25. The van der Waals surface area contributed by atoms with E-state index in [1.807, 2.05) is 35.2 Å². The molecule has 1 fully saturated rings. The van der Waals surface area contributed by atoms with E-state index in [4.69, 9.17) is 0 Å². The van der Waals surface area contributed by atoms with Crippen LogP contribution < -0.4 is 10.2 Å². The number of carbonyl (C=O) groups is 1. The molecule has 2 heterocycles. The molecule has 146 valence electrons. The summed E-state index contributed by atoms with van der Waals surface area (Å²) in [6.07, 6.45) is 0.792. The van der Waals surface area contributed by atoms with E-state index < -0.39 is 11.6 Å². The highest BCUT2D eigenvalue weighted by atomic mass is 32.1. The Morgan fingerprint density at radius 2 is 1.86 bits per heavy atom. The van der Waals surface area contributed by atoms with Crippen molar-refractivity contribution in [1.29, 1.82) is 0 Å². The van der Waals surface area contributed by atoms with Crippen molar-refractivity contribution in [3.8, 4) is 0 Å². The van der Waals surface area contributed by atoms with Crippen LogP contribution in [0.5, 0.6) is 0 Å². The fraction of sp³-hybridized carbons (Fsp3) is 0.300. The summed E-state index contributed by atoms with van der Waals surface area (Å²) in [7, 11) is 0. The number of thiazole rings is 1. The summed E-state index contributed by atoms with van der Waals surface area (Å²) in [6.45, 7) is 2.92. The lowest BCUT2D eigenvalue weighted by molar-refractivity contribution is 0.194. The molecule has 0 radical (unpaired) electrons. The molecule has 0 atom stereocenters. The molecule has 5 nitrogen and oxygen atoms in total. The summed E-state index contributed by atoms with van der Waals surface area (Å²) < 4.78 is 27.7. The molecule has 1 aliphatic heterocycles. The summed E-state index contributed by atoms with van der Waals surface area (Å²) >= 11 is 1.27. The van der Waals surface area contributed by atoms with E-state index in [2.05, 4.69) is 10.3 Å². The summed E-state index contributed by atoms with van der Waals surface area (Å²) in [5.74, 6) is -1.24. The Balaban J connectivity index is 1.30. The maximum Gasteiger partial charge on any atom is 0.317 e. The number of nitrogens with one attached hydrogen (secondary N) is 1. The van der Waals surface area contributed by atoms with E-state index in [9.17, 15) is 13.6 Å². The van der Waals surface area contributed by atoms with Crippen LogP contribution in [-0.4, -0.2) is 48.6 Å². The lowest BCUT2D eigenvalue weighted by Crippen LogP contribution is -2.52. The highest BCUT2D eigenvalue weighted by Gasteiger charge is 2.23. The van der Waals surface area contributed by atoms with E-state index in [-0.39, 0.29) is 11.5 Å². The van der Waals surface area contributed by atoms with Crippen LogP contribution >= 0.6 is 11.3 Å². The van der Waals surface area contributed by atoms with Gasteiger partial charge >= 0.3 is 6.03 Å².